The molecule has 1 aromatic heterocycles. The summed E-state index contributed by atoms with van der Waals surface area (Å²) in [6, 6.07) is 0.854. The van der Waals surface area contributed by atoms with Gasteiger partial charge in [-0.05, 0) is 6.92 Å². The zero-order chi connectivity index (χ0) is 14.5. The van der Waals surface area contributed by atoms with Gasteiger partial charge in [0.25, 0.3) is 0 Å². The van der Waals surface area contributed by atoms with E-state index in [1.54, 1.807) is 13.0 Å². The quantitative estimate of drug-likeness (QED) is 0.805. The van der Waals surface area contributed by atoms with Crippen LogP contribution >= 0.6 is 0 Å². The summed E-state index contributed by atoms with van der Waals surface area (Å²) >= 11 is 0. The largest absolute Gasteiger partial charge is 0.481 e. The molecule has 2 N–H and O–H groups in total. The van der Waals surface area contributed by atoms with Gasteiger partial charge >= 0.3 is 12.0 Å². The minimum Gasteiger partial charge on any atom is -0.481 e. The number of carbonyl (C=O) groups excluding carboxylic acids is 1. The molecule has 0 aliphatic carbocycles. The SMILES string of the molecule is CCN(C(=O)NCc1ccno1)C1COCC1C(=O)O. The maximum atomic E-state index is 12.1. The van der Waals surface area contributed by atoms with Gasteiger partial charge in [-0.2, -0.15) is 0 Å². The Labute approximate surface area is 115 Å². The summed E-state index contributed by atoms with van der Waals surface area (Å²) in [5, 5.41) is 15.3. The van der Waals surface area contributed by atoms with E-state index in [-0.39, 0.29) is 25.8 Å². The number of urea groups is 1. The van der Waals surface area contributed by atoms with E-state index in [2.05, 4.69) is 10.5 Å². The third-order valence-corrected chi connectivity index (χ3v) is 3.27. The van der Waals surface area contributed by atoms with Gasteiger partial charge < -0.3 is 24.6 Å². The van der Waals surface area contributed by atoms with E-state index >= 15 is 0 Å². The Morgan fingerprint density at radius 3 is 2.95 bits per heavy atom. The lowest BCUT2D eigenvalue weighted by Gasteiger charge is -2.29. The second-order valence-electron chi connectivity index (χ2n) is 4.47. The molecule has 2 atom stereocenters. The van der Waals surface area contributed by atoms with Crippen molar-refractivity contribution in [1.29, 1.82) is 0 Å². The average Bonchev–Trinajstić information content (AvgIpc) is 3.08. The Morgan fingerprint density at radius 2 is 2.35 bits per heavy atom. The zero-order valence-corrected chi connectivity index (χ0v) is 11.1. The maximum absolute atomic E-state index is 12.1. The molecule has 0 spiro atoms. The van der Waals surface area contributed by atoms with Crippen LogP contribution in [0.4, 0.5) is 4.79 Å². The first-order valence-electron chi connectivity index (χ1n) is 6.38. The van der Waals surface area contributed by atoms with E-state index < -0.39 is 17.9 Å². The number of ether oxygens (including phenoxy) is 1. The number of nitrogens with zero attached hydrogens (tertiary/aromatic N) is 2. The predicted molar refractivity (Wildman–Crippen MR) is 66.9 cm³/mol. The van der Waals surface area contributed by atoms with Crippen LogP contribution < -0.4 is 5.32 Å². The lowest BCUT2D eigenvalue weighted by Crippen LogP contribution is -2.50. The van der Waals surface area contributed by atoms with Gasteiger partial charge in [-0.3, -0.25) is 4.79 Å². The summed E-state index contributed by atoms with van der Waals surface area (Å²) in [6.45, 7) is 2.78. The number of hydrogen-bond acceptors (Lipinski definition) is 5. The van der Waals surface area contributed by atoms with E-state index in [0.29, 0.717) is 12.3 Å². The molecule has 0 aromatic carbocycles. The van der Waals surface area contributed by atoms with Gasteiger partial charge in [0.2, 0.25) is 0 Å². The highest BCUT2D eigenvalue weighted by molar-refractivity contribution is 5.77. The van der Waals surface area contributed by atoms with Crippen LogP contribution in [0, 0.1) is 5.92 Å². The van der Waals surface area contributed by atoms with Crippen LogP contribution in [0.5, 0.6) is 0 Å². The number of aliphatic carboxylic acids is 1. The predicted octanol–water partition coefficient (Wildman–Crippen LogP) is 0.306. The lowest BCUT2D eigenvalue weighted by molar-refractivity contribution is -0.142. The highest BCUT2D eigenvalue weighted by Gasteiger charge is 2.39. The van der Waals surface area contributed by atoms with Crippen LogP contribution in [0.3, 0.4) is 0 Å². The van der Waals surface area contributed by atoms with Crippen molar-refractivity contribution in [2.24, 2.45) is 5.92 Å². The van der Waals surface area contributed by atoms with E-state index in [4.69, 9.17) is 14.4 Å². The lowest BCUT2D eigenvalue weighted by atomic mass is 10.0. The molecule has 20 heavy (non-hydrogen) atoms. The van der Waals surface area contributed by atoms with Crippen LogP contribution in [0.15, 0.2) is 16.8 Å². The molecule has 8 nitrogen and oxygen atoms in total. The van der Waals surface area contributed by atoms with Gasteiger partial charge in [-0.15, -0.1) is 0 Å². The van der Waals surface area contributed by atoms with Crippen molar-refractivity contribution in [2.75, 3.05) is 19.8 Å². The summed E-state index contributed by atoms with van der Waals surface area (Å²) in [4.78, 5) is 24.7. The molecule has 2 unspecified atom stereocenters. The molecule has 2 rings (SSSR count). The Balaban J connectivity index is 1.96. The van der Waals surface area contributed by atoms with Crippen molar-refractivity contribution in [2.45, 2.75) is 19.5 Å². The molecule has 110 valence electrons. The number of rotatable bonds is 5. The third kappa shape index (κ3) is 3.08. The van der Waals surface area contributed by atoms with Crippen LogP contribution in [0.1, 0.15) is 12.7 Å². The fraction of sp³-hybridized carbons (Fsp3) is 0.583. The Kier molecular flexibility index (Phi) is 4.57. The molecule has 1 aromatic rings. The van der Waals surface area contributed by atoms with Crippen molar-refractivity contribution < 1.29 is 24.0 Å². The van der Waals surface area contributed by atoms with Gasteiger partial charge in [-0.1, -0.05) is 5.16 Å². The smallest absolute Gasteiger partial charge is 0.318 e. The molecule has 1 aliphatic heterocycles. The van der Waals surface area contributed by atoms with Gasteiger partial charge in [0.1, 0.15) is 5.92 Å². The fourth-order valence-corrected chi connectivity index (χ4v) is 2.21. The van der Waals surface area contributed by atoms with E-state index in [1.807, 2.05) is 0 Å². The number of hydrogen-bond donors (Lipinski definition) is 2. The highest BCUT2D eigenvalue weighted by atomic mass is 16.5. The molecule has 1 aliphatic rings. The standard InChI is InChI=1S/C12H17N3O5/c1-2-15(10-7-19-6-9(10)11(16)17)12(18)13-5-8-3-4-14-20-8/h3-4,9-10H,2,5-7H2,1H3,(H,13,18)(H,16,17). The van der Waals surface area contributed by atoms with Crippen molar-refractivity contribution >= 4 is 12.0 Å². The minimum absolute atomic E-state index is 0.131. The Morgan fingerprint density at radius 1 is 1.55 bits per heavy atom. The second-order valence-corrected chi connectivity index (χ2v) is 4.47. The Hall–Kier alpha value is -2.09. The first-order valence-corrected chi connectivity index (χ1v) is 6.38. The van der Waals surface area contributed by atoms with Crippen molar-refractivity contribution in [3.63, 3.8) is 0 Å². The average molecular weight is 283 g/mol. The topological polar surface area (TPSA) is 105 Å². The van der Waals surface area contributed by atoms with Gasteiger partial charge in [0, 0.05) is 12.6 Å². The highest BCUT2D eigenvalue weighted by Crippen LogP contribution is 2.20. The number of nitrogens with one attached hydrogen (secondary N) is 1. The number of carbonyl (C=O) groups is 2. The zero-order valence-electron chi connectivity index (χ0n) is 11.1. The molecule has 0 radical (unpaired) electrons. The molecule has 8 heteroatoms. The first kappa shape index (κ1) is 14.3. The van der Waals surface area contributed by atoms with Crippen LogP contribution in [-0.2, 0) is 16.1 Å². The van der Waals surface area contributed by atoms with Gasteiger partial charge in [0.05, 0.1) is 32.0 Å². The van der Waals surface area contributed by atoms with Crippen LogP contribution in [0.2, 0.25) is 0 Å². The summed E-state index contributed by atoms with van der Waals surface area (Å²) in [7, 11) is 0. The molecule has 1 saturated heterocycles. The van der Waals surface area contributed by atoms with E-state index in [0.717, 1.165) is 0 Å². The van der Waals surface area contributed by atoms with Crippen LogP contribution in [-0.4, -0.2) is 53.0 Å². The van der Waals surface area contributed by atoms with Crippen molar-refractivity contribution in [3.8, 4) is 0 Å². The molecule has 2 amide bonds. The minimum atomic E-state index is -0.950. The molecule has 1 fully saturated rings. The van der Waals surface area contributed by atoms with Crippen molar-refractivity contribution in [1.82, 2.24) is 15.4 Å². The second kappa shape index (κ2) is 6.38. The molecule has 0 saturated carbocycles. The number of amides is 2. The number of carboxylic acids is 1. The third-order valence-electron chi connectivity index (χ3n) is 3.27. The van der Waals surface area contributed by atoms with Gasteiger partial charge in [-0.25, -0.2) is 4.79 Å². The Bertz CT molecular complexity index is 462. The number of likely N-dealkylation sites (N-methyl/N-ethyl adjacent to an activating group) is 1. The van der Waals surface area contributed by atoms with E-state index in [1.165, 1.54) is 11.1 Å². The number of aromatic nitrogens is 1. The van der Waals surface area contributed by atoms with Crippen molar-refractivity contribution in [3.05, 3.63) is 18.0 Å². The summed E-state index contributed by atoms with van der Waals surface area (Å²) < 4.78 is 10.1. The van der Waals surface area contributed by atoms with Gasteiger partial charge in [0.15, 0.2) is 5.76 Å². The summed E-state index contributed by atoms with van der Waals surface area (Å²) in [5.74, 6) is -1.10. The molecular formula is C12H17N3O5. The monoisotopic (exact) mass is 283 g/mol. The van der Waals surface area contributed by atoms with Crippen LogP contribution in [0.25, 0.3) is 0 Å². The molecule has 2 heterocycles. The summed E-state index contributed by atoms with van der Waals surface area (Å²) in [6.07, 6.45) is 1.49. The molecule has 0 bridgehead atoms. The normalized spacial score (nSPS) is 21.6. The first-order chi connectivity index (χ1) is 9.63. The number of carboxylic acid groups (broad SMARTS) is 1. The maximum Gasteiger partial charge on any atom is 0.318 e. The molecular weight excluding hydrogens is 266 g/mol. The fourth-order valence-electron chi connectivity index (χ4n) is 2.21. The summed E-state index contributed by atoms with van der Waals surface area (Å²) in [5.41, 5.74) is 0. The van der Waals surface area contributed by atoms with E-state index in [9.17, 15) is 9.59 Å².